The highest BCUT2D eigenvalue weighted by molar-refractivity contribution is 4.77. The molecular weight excluding hydrogens is 142 g/mol. The van der Waals surface area contributed by atoms with Gasteiger partial charge in [0, 0.05) is 0 Å². The van der Waals surface area contributed by atoms with E-state index in [1.54, 1.807) is 0 Å². The molecule has 3 nitrogen and oxygen atoms in total. The molecule has 0 spiro atoms. The molecule has 1 aliphatic rings. The highest BCUT2D eigenvalue weighted by Crippen LogP contribution is 2.23. The fraction of sp³-hybridized carbons (Fsp3) is 0.875. The number of hydrogen-bond donors (Lipinski definition) is 0. The Morgan fingerprint density at radius 2 is 1.45 bits per heavy atom. The zero-order valence-electron chi connectivity index (χ0n) is 6.71. The Hall–Kier alpha value is -0.730. The Morgan fingerprint density at radius 3 is 1.91 bits per heavy atom. The fourth-order valence-electron chi connectivity index (χ4n) is 1.50. The summed E-state index contributed by atoms with van der Waals surface area (Å²) in [5.41, 5.74) is 0. The second kappa shape index (κ2) is 4.21. The molecule has 0 N–H and O–H groups in total. The summed E-state index contributed by atoms with van der Waals surface area (Å²) >= 11 is 0. The monoisotopic (exact) mass is 156 g/mol. The van der Waals surface area contributed by atoms with Crippen molar-refractivity contribution in [2.75, 3.05) is 0 Å². The Bertz CT molecular complexity index is 128. The molecule has 1 rings (SSSR count). The van der Waals surface area contributed by atoms with Crippen molar-refractivity contribution in [3.05, 3.63) is 16.2 Å². The summed E-state index contributed by atoms with van der Waals surface area (Å²) in [6.07, 6.45) is 7.03. The lowest BCUT2D eigenvalue weighted by molar-refractivity contribution is -0.470. The van der Waals surface area contributed by atoms with E-state index in [0.29, 0.717) is 18.9 Å². The van der Waals surface area contributed by atoms with Crippen molar-refractivity contribution >= 4 is 0 Å². The van der Waals surface area contributed by atoms with Crippen LogP contribution in [0.4, 0.5) is 0 Å². The molecule has 1 aliphatic carbocycles. The fourth-order valence-corrected chi connectivity index (χ4v) is 1.50. The quantitative estimate of drug-likeness (QED) is 0.332. The van der Waals surface area contributed by atoms with Crippen LogP contribution in [-0.2, 0) is 0 Å². The van der Waals surface area contributed by atoms with Crippen LogP contribution in [0.15, 0.2) is 0 Å². The van der Waals surface area contributed by atoms with E-state index in [-0.39, 0.29) is 4.92 Å². The molecule has 0 radical (unpaired) electrons. The summed E-state index contributed by atoms with van der Waals surface area (Å²) < 4.78 is 0. The third kappa shape index (κ3) is 2.78. The molecule has 0 unspecified atom stereocenters. The largest absolute Gasteiger partial charge is 0.295 e. The molecule has 0 atom stereocenters. The van der Waals surface area contributed by atoms with Gasteiger partial charge in [-0.3, -0.25) is 10.1 Å². The molecule has 11 heavy (non-hydrogen) atoms. The molecule has 0 aromatic carbocycles. The van der Waals surface area contributed by atoms with Crippen molar-refractivity contribution < 1.29 is 4.92 Å². The summed E-state index contributed by atoms with van der Waals surface area (Å²) in [6.45, 7) is 0. The number of nitrogens with zero attached hydrogens (tertiary/aromatic N) is 1. The van der Waals surface area contributed by atoms with Gasteiger partial charge in [0.1, 0.15) is 0 Å². The summed E-state index contributed by atoms with van der Waals surface area (Å²) in [5.74, 6) is 0. The van der Waals surface area contributed by atoms with Crippen LogP contribution in [0.25, 0.3) is 0 Å². The number of rotatable bonds is 1. The van der Waals surface area contributed by atoms with E-state index in [2.05, 4.69) is 0 Å². The number of hydrogen-bond acceptors (Lipinski definition) is 2. The van der Waals surface area contributed by atoms with E-state index in [4.69, 9.17) is 0 Å². The van der Waals surface area contributed by atoms with Crippen molar-refractivity contribution in [2.45, 2.75) is 44.9 Å². The van der Waals surface area contributed by atoms with Gasteiger partial charge in [0.25, 0.3) is 0 Å². The topological polar surface area (TPSA) is 43.1 Å². The first-order valence-corrected chi connectivity index (χ1v) is 4.30. The van der Waals surface area contributed by atoms with E-state index < -0.39 is 0 Å². The zero-order valence-corrected chi connectivity index (χ0v) is 6.71. The first-order chi connectivity index (χ1) is 5.30. The second-order valence-corrected chi connectivity index (χ2v) is 3.09. The lowest BCUT2D eigenvalue weighted by Gasteiger charge is -2.23. The minimum atomic E-state index is -0.189. The van der Waals surface area contributed by atoms with Gasteiger partial charge < -0.3 is 0 Å². The number of nitro groups is 1. The van der Waals surface area contributed by atoms with Crippen LogP contribution in [0.3, 0.4) is 0 Å². The molecule has 0 aromatic rings. The SMILES string of the molecule is O=[N+]([O-])[C-]1CCCCCCC1. The molecule has 0 aromatic heterocycles. The molecule has 1 fully saturated rings. The van der Waals surface area contributed by atoms with Crippen LogP contribution in [0.2, 0.25) is 0 Å². The Kier molecular flexibility index (Phi) is 3.20. The van der Waals surface area contributed by atoms with Crippen molar-refractivity contribution in [2.24, 2.45) is 0 Å². The third-order valence-electron chi connectivity index (χ3n) is 2.19. The first kappa shape index (κ1) is 8.37. The van der Waals surface area contributed by atoms with E-state index in [1.165, 1.54) is 6.42 Å². The normalized spacial score (nSPS) is 20.5. The van der Waals surface area contributed by atoms with Crippen molar-refractivity contribution in [1.29, 1.82) is 0 Å². The highest BCUT2D eigenvalue weighted by Gasteiger charge is 2.07. The maximum Gasteiger partial charge on any atom is -0.0458 e. The van der Waals surface area contributed by atoms with Crippen LogP contribution in [0, 0.1) is 16.2 Å². The van der Waals surface area contributed by atoms with Gasteiger partial charge in [-0.25, -0.2) is 0 Å². The molecule has 1 saturated carbocycles. The summed E-state index contributed by atoms with van der Waals surface area (Å²) in [4.78, 5) is 10.2. The Labute approximate surface area is 66.9 Å². The molecule has 0 aliphatic heterocycles. The molecule has 0 heterocycles. The Morgan fingerprint density at radius 1 is 1.00 bits per heavy atom. The summed E-state index contributed by atoms with van der Waals surface area (Å²) in [5, 5.41) is 10.4. The van der Waals surface area contributed by atoms with Crippen LogP contribution >= 0.6 is 0 Å². The summed E-state index contributed by atoms with van der Waals surface area (Å²) in [7, 11) is 0. The predicted octanol–water partition coefficient (Wildman–Crippen LogP) is 2.54. The molecular formula is C8H14NO2-. The van der Waals surface area contributed by atoms with Gasteiger partial charge in [0.15, 0.2) is 0 Å². The van der Waals surface area contributed by atoms with E-state index in [1.807, 2.05) is 0 Å². The van der Waals surface area contributed by atoms with Gasteiger partial charge in [0.2, 0.25) is 0 Å². The van der Waals surface area contributed by atoms with E-state index in [9.17, 15) is 10.1 Å². The van der Waals surface area contributed by atoms with Gasteiger partial charge in [0.05, 0.1) is 0 Å². The molecule has 0 saturated heterocycles. The van der Waals surface area contributed by atoms with Crippen LogP contribution in [0.1, 0.15) is 44.9 Å². The van der Waals surface area contributed by atoms with Gasteiger partial charge in [-0.2, -0.15) is 0 Å². The van der Waals surface area contributed by atoms with Gasteiger partial charge >= 0.3 is 0 Å². The van der Waals surface area contributed by atoms with Crippen molar-refractivity contribution in [3.63, 3.8) is 0 Å². The molecule has 64 valence electrons. The standard InChI is InChI=1S/C8H14NO2/c10-9(11)8-6-4-2-1-3-5-7-8/h1-7H2/q-1. The van der Waals surface area contributed by atoms with Gasteiger partial charge in [-0.15, -0.1) is 17.8 Å². The minimum Gasteiger partial charge on any atom is -0.295 e. The third-order valence-corrected chi connectivity index (χ3v) is 2.19. The van der Waals surface area contributed by atoms with Crippen molar-refractivity contribution in [3.8, 4) is 0 Å². The lowest BCUT2D eigenvalue weighted by Crippen LogP contribution is -2.11. The van der Waals surface area contributed by atoms with Crippen LogP contribution < -0.4 is 0 Å². The van der Waals surface area contributed by atoms with Crippen molar-refractivity contribution in [1.82, 2.24) is 0 Å². The molecule has 0 bridgehead atoms. The highest BCUT2D eigenvalue weighted by atomic mass is 16.6. The van der Waals surface area contributed by atoms with Gasteiger partial charge in [-0.1, -0.05) is 32.1 Å². The predicted molar refractivity (Wildman–Crippen MR) is 42.6 cm³/mol. The minimum absolute atomic E-state index is 0.189. The lowest BCUT2D eigenvalue weighted by atomic mass is 9.97. The smallest absolute Gasteiger partial charge is 0.0458 e. The molecule has 0 amide bonds. The average Bonchev–Trinajstić information content (AvgIpc) is 1.84. The molecule has 3 heteroatoms. The second-order valence-electron chi connectivity index (χ2n) is 3.09. The summed E-state index contributed by atoms with van der Waals surface area (Å²) in [6, 6.07) is 0.546. The van der Waals surface area contributed by atoms with Gasteiger partial charge in [-0.05, 0) is 6.04 Å². The van der Waals surface area contributed by atoms with Crippen LogP contribution in [-0.4, -0.2) is 4.92 Å². The van der Waals surface area contributed by atoms with E-state index in [0.717, 1.165) is 25.7 Å². The maximum absolute atomic E-state index is 10.4. The zero-order chi connectivity index (χ0) is 8.10. The maximum atomic E-state index is 10.4. The Balaban J connectivity index is 2.32. The first-order valence-electron chi connectivity index (χ1n) is 4.30. The van der Waals surface area contributed by atoms with E-state index >= 15 is 0 Å². The average molecular weight is 156 g/mol. The van der Waals surface area contributed by atoms with Crippen LogP contribution in [0.5, 0.6) is 0 Å².